The predicted molar refractivity (Wildman–Crippen MR) is 123 cm³/mol. The van der Waals surface area contributed by atoms with E-state index in [-0.39, 0.29) is 18.3 Å². The molecule has 1 aromatic carbocycles. The smallest absolute Gasteiger partial charge is 0.350 e. The molecule has 0 unspecified atom stereocenters. The van der Waals surface area contributed by atoms with Crippen molar-refractivity contribution < 1.29 is 23.8 Å². The maximum atomic E-state index is 12.3. The summed E-state index contributed by atoms with van der Waals surface area (Å²) >= 11 is 2.33. The number of thiazole rings is 1. The van der Waals surface area contributed by atoms with E-state index in [2.05, 4.69) is 20.5 Å². The molecule has 0 aliphatic carbocycles. The molecular weight excluding hydrogens is 452 g/mol. The van der Waals surface area contributed by atoms with E-state index in [1.807, 2.05) is 18.2 Å². The van der Waals surface area contributed by atoms with Gasteiger partial charge in [-0.1, -0.05) is 23.1 Å². The molecule has 0 aliphatic rings. The van der Waals surface area contributed by atoms with E-state index in [9.17, 15) is 9.59 Å². The predicted octanol–water partition coefficient (Wildman–Crippen LogP) is 3.83. The Bertz CT molecular complexity index is 1100. The average molecular weight is 475 g/mol. The Hall–Kier alpha value is -3.18. The van der Waals surface area contributed by atoms with Crippen molar-refractivity contribution in [3.63, 3.8) is 0 Å². The van der Waals surface area contributed by atoms with Gasteiger partial charge in [0.15, 0.2) is 5.13 Å². The molecular formula is C21H22N4O5S2. The number of benzene rings is 1. The zero-order chi connectivity index (χ0) is 23.1. The van der Waals surface area contributed by atoms with Gasteiger partial charge in [0.25, 0.3) is 0 Å². The molecule has 0 saturated carbocycles. The van der Waals surface area contributed by atoms with Gasteiger partial charge in [0, 0.05) is 11.6 Å². The third-order valence-corrected chi connectivity index (χ3v) is 6.15. The van der Waals surface area contributed by atoms with Crippen molar-refractivity contribution in [2.24, 2.45) is 0 Å². The molecule has 2 aromatic heterocycles. The number of carbonyl (C=O) groups is 2. The van der Waals surface area contributed by atoms with Crippen LogP contribution >= 0.6 is 23.1 Å². The lowest BCUT2D eigenvalue weighted by Crippen LogP contribution is -2.14. The van der Waals surface area contributed by atoms with Gasteiger partial charge in [-0.25, -0.2) is 9.78 Å². The first-order chi connectivity index (χ1) is 15.4. The minimum atomic E-state index is -0.443. The second kappa shape index (κ2) is 10.9. The minimum absolute atomic E-state index is 0.118. The Labute approximate surface area is 193 Å². The third-order valence-electron chi connectivity index (χ3n) is 4.18. The van der Waals surface area contributed by atoms with E-state index in [0.717, 1.165) is 16.9 Å². The number of anilines is 1. The van der Waals surface area contributed by atoms with Gasteiger partial charge < -0.3 is 19.5 Å². The average Bonchev–Trinajstić information content (AvgIpc) is 3.17. The molecule has 3 aromatic rings. The number of aromatic nitrogens is 3. The number of ether oxygens (including phenoxy) is 3. The first-order valence-electron chi connectivity index (χ1n) is 9.58. The van der Waals surface area contributed by atoms with Gasteiger partial charge in [0.1, 0.15) is 21.4 Å². The zero-order valence-corrected chi connectivity index (χ0v) is 19.6. The van der Waals surface area contributed by atoms with Gasteiger partial charge in [0.2, 0.25) is 5.91 Å². The minimum Gasteiger partial charge on any atom is -0.497 e. The number of methoxy groups -OCH3 is 2. The molecule has 0 radical (unpaired) electrons. The van der Waals surface area contributed by atoms with Crippen LogP contribution in [0, 0.1) is 6.92 Å². The van der Waals surface area contributed by atoms with E-state index >= 15 is 0 Å². The topological polar surface area (TPSA) is 113 Å². The summed E-state index contributed by atoms with van der Waals surface area (Å²) in [5, 5.41) is 12.1. The Balaban J connectivity index is 1.59. The number of carbonyl (C=O) groups excluding carboxylic acids is 2. The van der Waals surface area contributed by atoms with Gasteiger partial charge >= 0.3 is 5.97 Å². The van der Waals surface area contributed by atoms with E-state index in [1.165, 1.54) is 11.8 Å². The van der Waals surface area contributed by atoms with Gasteiger partial charge in [0.05, 0.1) is 38.0 Å². The van der Waals surface area contributed by atoms with Crippen molar-refractivity contribution in [3.05, 3.63) is 40.9 Å². The lowest BCUT2D eigenvalue weighted by atomic mass is 10.1. The van der Waals surface area contributed by atoms with Gasteiger partial charge in [-0.2, -0.15) is 0 Å². The van der Waals surface area contributed by atoms with Crippen LogP contribution < -0.4 is 14.8 Å². The first kappa shape index (κ1) is 23.5. The van der Waals surface area contributed by atoms with E-state index < -0.39 is 5.97 Å². The van der Waals surface area contributed by atoms with Gasteiger partial charge in [-0.05, 0) is 38.1 Å². The molecule has 11 heteroatoms. The standard InChI is InChI=1S/C21H22N4O5S2/c1-5-30-20(27)19-12(2)22-21(32-19)23-17(26)11-31-18-9-8-15(24-25-18)14-7-6-13(28-3)10-16(14)29-4/h6-10H,5,11H2,1-4H3,(H,22,23,26). The summed E-state index contributed by atoms with van der Waals surface area (Å²) in [5.74, 6) is 0.719. The summed E-state index contributed by atoms with van der Waals surface area (Å²) in [4.78, 5) is 28.7. The van der Waals surface area contributed by atoms with Crippen LogP contribution in [-0.2, 0) is 9.53 Å². The summed E-state index contributed by atoms with van der Waals surface area (Å²) in [6, 6.07) is 9.05. The maximum absolute atomic E-state index is 12.3. The highest BCUT2D eigenvalue weighted by Gasteiger charge is 2.18. The number of esters is 1. The molecule has 0 spiro atoms. The van der Waals surface area contributed by atoms with Crippen LogP contribution in [0.15, 0.2) is 35.4 Å². The first-order valence-corrected chi connectivity index (χ1v) is 11.4. The number of hydrogen-bond acceptors (Lipinski definition) is 10. The lowest BCUT2D eigenvalue weighted by Gasteiger charge is -2.09. The molecule has 1 N–H and O–H groups in total. The fraction of sp³-hybridized carbons (Fsp3) is 0.286. The number of hydrogen-bond donors (Lipinski definition) is 1. The number of rotatable bonds is 9. The van der Waals surface area contributed by atoms with Crippen LogP contribution in [0.25, 0.3) is 11.3 Å². The summed E-state index contributed by atoms with van der Waals surface area (Å²) in [6.07, 6.45) is 0. The van der Waals surface area contributed by atoms with Crippen LogP contribution in [0.2, 0.25) is 0 Å². The molecule has 0 fully saturated rings. The molecule has 0 aliphatic heterocycles. The van der Waals surface area contributed by atoms with Gasteiger partial charge in [-0.3, -0.25) is 4.79 Å². The fourth-order valence-corrected chi connectivity index (χ4v) is 4.17. The number of aryl methyl sites for hydroxylation is 1. The molecule has 1 amide bonds. The summed E-state index contributed by atoms with van der Waals surface area (Å²) < 4.78 is 15.6. The Kier molecular flexibility index (Phi) is 8.01. The van der Waals surface area contributed by atoms with Crippen LogP contribution in [0.3, 0.4) is 0 Å². The van der Waals surface area contributed by atoms with E-state index in [1.54, 1.807) is 40.2 Å². The lowest BCUT2D eigenvalue weighted by molar-refractivity contribution is -0.113. The van der Waals surface area contributed by atoms with Gasteiger partial charge in [-0.15, -0.1) is 10.2 Å². The molecule has 2 heterocycles. The molecule has 32 heavy (non-hydrogen) atoms. The number of thioether (sulfide) groups is 1. The van der Waals surface area contributed by atoms with Crippen molar-refractivity contribution in [1.29, 1.82) is 0 Å². The molecule has 3 rings (SSSR count). The zero-order valence-electron chi connectivity index (χ0n) is 18.0. The van der Waals surface area contributed by atoms with E-state index in [0.29, 0.717) is 37.9 Å². The van der Waals surface area contributed by atoms with Crippen molar-refractivity contribution in [1.82, 2.24) is 15.2 Å². The van der Waals surface area contributed by atoms with Crippen LogP contribution in [0.5, 0.6) is 11.5 Å². The second-order valence-corrected chi connectivity index (χ2v) is 8.31. The highest BCUT2D eigenvalue weighted by Crippen LogP contribution is 2.32. The fourth-order valence-electron chi connectivity index (χ4n) is 2.68. The largest absolute Gasteiger partial charge is 0.497 e. The van der Waals surface area contributed by atoms with Crippen LogP contribution in [-0.4, -0.2) is 53.6 Å². The number of nitrogens with zero attached hydrogens (tertiary/aromatic N) is 3. The SMILES string of the molecule is CCOC(=O)c1sc(NC(=O)CSc2ccc(-c3ccc(OC)cc3OC)nn2)nc1C. The van der Waals surface area contributed by atoms with Crippen LogP contribution in [0.4, 0.5) is 5.13 Å². The normalized spacial score (nSPS) is 10.5. The monoisotopic (exact) mass is 474 g/mol. The van der Waals surface area contributed by atoms with Crippen molar-refractivity contribution in [2.45, 2.75) is 18.9 Å². The Morgan fingerprint density at radius 1 is 1.12 bits per heavy atom. The number of nitrogens with one attached hydrogen (secondary N) is 1. The van der Waals surface area contributed by atoms with Crippen molar-refractivity contribution >= 4 is 40.1 Å². The highest BCUT2D eigenvalue weighted by molar-refractivity contribution is 7.99. The quantitative estimate of drug-likeness (QED) is 0.365. The molecule has 0 atom stereocenters. The number of amides is 1. The van der Waals surface area contributed by atoms with Crippen molar-refractivity contribution in [3.8, 4) is 22.8 Å². The maximum Gasteiger partial charge on any atom is 0.350 e. The summed E-state index contributed by atoms with van der Waals surface area (Å²) in [5.41, 5.74) is 1.95. The van der Waals surface area contributed by atoms with Crippen molar-refractivity contribution in [2.75, 3.05) is 31.9 Å². The molecule has 0 bridgehead atoms. The Morgan fingerprint density at radius 3 is 2.59 bits per heavy atom. The molecule has 168 valence electrons. The highest BCUT2D eigenvalue weighted by atomic mass is 32.2. The molecule has 9 nitrogen and oxygen atoms in total. The van der Waals surface area contributed by atoms with E-state index in [4.69, 9.17) is 14.2 Å². The Morgan fingerprint density at radius 2 is 1.94 bits per heavy atom. The summed E-state index contributed by atoms with van der Waals surface area (Å²) in [7, 11) is 3.17. The second-order valence-electron chi connectivity index (χ2n) is 6.31. The van der Waals surface area contributed by atoms with Crippen LogP contribution in [0.1, 0.15) is 22.3 Å². The summed E-state index contributed by atoms with van der Waals surface area (Å²) in [6.45, 7) is 3.71. The molecule has 0 saturated heterocycles. The third kappa shape index (κ3) is 5.74.